The summed E-state index contributed by atoms with van der Waals surface area (Å²) in [5, 5.41) is 3.00. The molecule has 1 N–H and O–H groups in total. The largest absolute Gasteiger partial charge is 0.494 e. The van der Waals surface area contributed by atoms with Gasteiger partial charge in [0, 0.05) is 51.5 Å². The van der Waals surface area contributed by atoms with Crippen molar-refractivity contribution in [2.75, 3.05) is 57.7 Å². The van der Waals surface area contributed by atoms with Gasteiger partial charge in [-0.25, -0.2) is 4.79 Å². The maximum Gasteiger partial charge on any atom is 0.321 e. The van der Waals surface area contributed by atoms with Crippen LogP contribution in [0.1, 0.15) is 39.2 Å². The molecule has 7 heteroatoms. The van der Waals surface area contributed by atoms with Crippen molar-refractivity contribution >= 4 is 17.6 Å². The number of hydrogen-bond donors (Lipinski definition) is 1. The Morgan fingerprint density at radius 1 is 1.02 bits per heavy atom. The predicted molar refractivity (Wildman–Crippen MR) is 159 cm³/mol. The first kappa shape index (κ1) is 28.2. The lowest BCUT2D eigenvalue weighted by Crippen LogP contribution is -2.53. The van der Waals surface area contributed by atoms with Crippen molar-refractivity contribution in [2.24, 2.45) is 17.3 Å². The molecular formula is C33H44N4O3. The van der Waals surface area contributed by atoms with Crippen LogP contribution < -0.4 is 10.1 Å². The topological polar surface area (TPSA) is 65.1 Å². The average molecular weight is 545 g/mol. The summed E-state index contributed by atoms with van der Waals surface area (Å²) < 4.78 is 5.48. The quantitative estimate of drug-likeness (QED) is 0.413. The Bertz CT molecular complexity index is 1190. The molecule has 1 saturated heterocycles. The highest BCUT2D eigenvalue weighted by atomic mass is 16.5. The molecule has 2 fully saturated rings. The second-order valence-corrected chi connectivity index (χ2v) is 12.0. The number of nitrogens with one attached hydrogen (secondary N) is 1. The standard InChI is InChI=1S/C33H44N4O3/c1-4-40-29-14-12-28(13-15-29)34-32(39)36-19-16-35(17-20-36)18-21-37(31(38)22-25-8-6-5-7-9-25)24-26-10-11-27-23-30(26)33(27,2)3/h5-10,12-15,27,30H,4,11,16-24H2,1-3H3,(H,34,39). The molecule has 1 heterocycles. The molecule has 2 bridgehead atoms. The van der Waals surface area contributed by atoms with E-state index in [-0.39, 0.29) is 11.9 Å². The van der Waals surface area contributed by atoms with Gasteiger partial charge in [0.25, 0.3) is 0 Å². The van der Waals surface area contributed by atoms with E-state index < -0.39 is 0 Å². The zero-order valence-electron chi connectivity index (χ0n) is 24.3. The van der Waals surface area contributed by atoms with Gasteiger partial charge in [-0.2, -0.15) is 0 Å². The zero-order chi connectivity index (χ0) is 28.1. The minimum absolute atomic E-state index is 0.0749. The van der Waals surface area contributed by atoms with E-state index in [4.69, 9.17) is 4.74 Å². The number of nitrogens with zero attached hydrogens (tertiary/aromatic N) is 3. The third-order valence-electron chi connectivity index (χ3n) is 9.27. The highest BCUT2D eigenvalue weighted by Crippen LogP contribution is 2.59. The Kier molecular flexibility index (Phi) is 8.79. The number of benzene rings is 2. The third kappa shape index (κ3) is 6.52. The van der Waals surface area contributed by atoms with Crippen LogP contribution >= 0.6 is 0 Å². The van der Waals surface area contributed by atoms with Crippen LogP contribution in [0.25, 0.3) is 0 Å². The predicted octanol–water partition coefficient (Wildman–Crippen LogP) is 5.30. The van der Waals surface area contributed by atoms with Crippen molar-refractivity contribution in [2.45, 2.75) is 40.0 Å². The number of fused-ring (bicyclic) bond motifs is 1. The van der Waals surface area contributed by atoms with Gasteiger partial charge in [-0.3, -0.25) is 9.69 Å². The van der Waals surface area contributed by atoms with Crippen molar-refractivity contribution in [3.63, 3.8) is 0 Å². The van der Waals surface area contributed by atoms with E-state index in [1.165, 1.54) is 12.0 Å². The van der Waals surface area contributed by atoms with Crippen molar-refractivity contribution in [1.29, 1.82) is 0 Å². The molecule has 0 aromatic heterocycles. The van der Waals surface area contributed by atoms with Crippen LogP contribution in [-0.4, -0.2) is 79.1 Å². The van der Waals surface area contributed by atoms with E-state index in [1.807, 2.05) is 66.4 Å². The second-order valence-electron chi connectivity index (χ2n) is 12.0. The monoisotopic (exact) mass is 544 g/mol. The Hall–Kier alpha value is -3.32. The molecule has 6 rings (SSSR count). The summed E-state index contributed by atoms with van der Waals surface area (Å²) in [6.45, 7) is 12.6. The average Bonchev–Trinajstić information content (AvgIpc) is 2.97. The van der Waals surface area contributed by atoms with Gasteiger partial charge in [0.15, 0.2) is 0 Å². The fourth-order valence-corrected chi connectivity index (χ4v) is 6.49. The first-order valence-electron chi connectivity index (χ1n) is 14.8. The molecule has 0 spiro atoms. The molecule has 1 aliphatic heterocycles. The smallest absolute Gasteiger partial charge is 0.321 e. The maximum atomic E-state index is 13.5. The number of ether oxygens (including phenoxy) is 1. The zero-order valence-corrected chi connectivity index (χ0v) is 24.3. The van der Waals surface area contributed by atoms with Gasteiger partial charge in [-0.15, -0.1) is 0 Å². The van der Waals surface area contributed by atoms with Crippen LogP contribution in [0.5, 0.6) is 5.75 Å². The van der Waals surface area contributed by atoms with Gasteiger partial charge in [0.05, 0.1) is 13.0 Å². The molecule has 3 amide bonds. The second kappa shape index (κ2) is 12.5. The summed E-state index contributed by atoms with van der Waals surface area (Å²) in [4.78, 5) is 32.7. The Morgan fingerprint density at radius 3 is 2.40 bits per heavy atom. The van der Waals surface area contributed by atoms with Gasteiger partial charge in [-0.1, -0.05) is 55.8 Å². The number of urea groups is 1. The first-order chi connectivity index (χ1) is 19.3. The highest BCUT2D eigenvalue weighted by molar-refractivity contribution is 5.89. The number of carbonyl (C=O) groups is 2. The minimum Gasteiger partial charge on any atom is -0.494 e. The van der Waals surface area contributed by atoms with Crippen molar-refractivity contribution in [3.05, 3.63) is 71.8 Å². The SMILES string of the molecule is CCOc1ccc(NC(=O)N2CCN(CCN(CC3=CCC4CC3C4(C)C)C(=O)Cc3ccccc3)CC2)cc1. The lowest BCUT2D eigenvalue weighted by molar-refractivity contribution is -0.130. The number of carbonyl (C=O) groups excluding carboxylic acids is 2. The molecule has 1 saturated carbocycles. The van der Waals surface area contributed by atoms with E-state index in [0.717, 1.165) is 55.5 Å². The Morgan fingerprint density at radius 2 is 1.75 bits per heavy atom. The fraction of sp³-hybridized carbons (Fsp3) is 0.515. The van der Waals surface area contributed by atoms with E-state index in [0.29, 0.717) is 44.0 Å². The number of rotatable bonds is 10. The van der Waals surface area contributed by atoms with Gasteiger partial charge in [-0.05, 0) is 66.8 Å². The highest BCUT2D eigenvalue weighted by Gasteiger charge is 2.51. The molecule has 0 radical (unpaired) electrons. The van der Waals surface area contributed by atoms with E-state index in [1.54, 1.807) is 0 Å². The summed E-state index contributed by atoms with van der Waals surface area (Å²) >= 11 is 0. The molecule has 2 aromatic carbocycles. The molecule has 4 aliphatic rings. The summed E-state index contributed by atoms with van der Waals surface area (Å²) in [6.07, 6.45) is 5.25. The summed E-state index contributed by atoms with van der Waals surface area (Å²) in [5.41, 5.74) is 3.62. The summed E-state index contributed by atoms with van der Waals surface area (Å²) in [7, 11) is 0. The molecule has 2 unspecified atom stereocenters. The van der Waals surface area contributed by atoms with Crippen LogP contribution in [0.2, 0.25) is 0 Å². The van der Waals surface area contributed by atoms with Crippen molar-refractivity contribution in [1.82, 2.24) is 14.7 Å². The third-order valence-corrected chi connectivity index (χ3v) is 9.27. The minimum atomic E-state index is -0.0749. The van der Waals surface area contributed by atoms with Crippen LogP contribution in [0, 0.1) is 17.3 Å². The molecule has 3 aliphatic carbocycles. The van der Waals surface area contributed by atoms with Crippen LogP contribution in [-0.2, 0) is 11.2 Å². The number of anilines is 1. The van der Waals surface area contributed by atoms with Crippen molar-refractivity contribution < 1.29 is 14.3 Å². The summed E-state index contributed by atoms with van der Waals surface area (Å²) in [6, 6.07) is 17.5. The van der Waals surface area contributed by atoms with Crippen molar-refractivity contribution in [3.8, 4) is 5.75 Å². The normalized spacial score (nSPS) is 21.7. The van der Waals surface area contributed by atoms with Crippen LogP contribution in [0.3, 0.4) is 0 Å². The van der Waals surface area contributed by atoms with Gasteiger partial charge >= 0.3 is 6.03 Å². The van der Waals surface area contributed by atoms with Gasteiger partial charge in [0.2, 0.25) is 5.91 Å². The Labute approximate surface area is 239 Å². The van der Waals surface area contributed by atoms with E-state index in [2.05, 4.69) is 35.0 Å². The molecule has 2 atom stereocenters. The van der Waals surface area contributed by atoms with Gasteiger partial charge < -0.3 is 19.9 Å². The number of piperazine rings is 1. The molecule has 2 aromatic rings. The van der Waals surface area contributed by atoms with E-state index in [9.17, 15) is 9.59 Å². The summed E-state index contributed by atoms with van der Waals surface area (Å²) in [5.74, 6) is 2.37. The van der Waals surface area contributed by atoms with Crippen LogP contribution in [0.15, 0.2) is 66.2 Å². The molecular weight excluding hydrogens is 500 g/mol. The maximum absolute atomic E-state index is 13.5. The number of hydrogen-bond acceptors (Lipinski definition) is 4. The molecule has 7 nitrogen and oxygen atoms in total. The fourth-order valence-electron chi connectivity index (χ4n) is 6.49. The number of amides is 3. The van der Waals surface area contributed by atoms with Gasteiger partial charge in [0.1, 0.15) is 5.75 Å². The van der Waals surface area contributed by atoms with Crippen LogP contribution in [0.4, 0.5) is 10.5 Å². The lowest BCUT2D eigenvalue weighted by atomic mass is 9.49. The molecule has 40 heavy (non-hydrogen) atoms. The lowest BCUT2D eigenvalue weighted by Gasteiger charge is -2.57. The molecule has 214 valence electrons. The number of allylic oxidation sites excluding steroid dienone is 1. The first-order valence-corrected chi connectivity index (χ1v) is 14.8. The van der Waals surface area contributed by atoms with E-state index >= 15 is 0 Å². The Balaban J connectivity index is 1.14.